The molecule has 14 heavy (non-hydrogen) atoms. The average Bonchev–Trinajstić information content (AvgIpc) is 2.18. The number of benzene rings is 1. The van der Waals surface area contributed by atoms with E-state index in [0.717, 1.165) is 17.5 Å². The lowest BCUT2D eigenvalue weighted by Crippen LogP contribution is -2.05. The standard InChI is InChI=1S/C10H14N2O2/c11-8-10-5-2-1-4-9(10)6-3-7-12(13)14/h1-2,4-5H,3,6-8,11H2. The fourth-order valence-electron chi connectivity index (χ4n) is 1.40. The predicted octanol–water partition coefficient (Wildman–Crippen LogP) is 1.35. The van der Waals surface area contributed by atoms with Crippen molar-refractivity contribution >= 4 is 0 Å². The highest BCUT2D eigenvalue weighted by Crippen LogP contribution is 2.10. The lowest BCUT2D eigenvalue weighted by Gasteiger charge is -2.05. The van der Waals surface area contributed by atoms with Gasteiger partial charge in [-0.3, -0.25) is 10.1 Å². The maximum Gasteiger partial charge on any atom is 0.204 e. The number of aryl methyl sites for hydroxylation is 1. The fourth-order valence-corrected chi connectivity index (χ4v) is 1.40. The van der Waals surface area contributed by atoms with Crippen LogP contribution in [0, 0.1) is 10.1 Å². The molecule has 1 aromatic carbocycles. The van der Waals surface area contributed by atoms with E-state index in [0.29, 0.717) is 13.0 Å². The molecule has 0 saturated carbocycles. The van der Waals surface area contributed by atoms with Gasteiger partial charge in [-0.2, -0.15) is 0 Å². The van der Waals surface area contributed by atoms with E-state index in [4.69, 9.17) is 5.73 Å². The second-order valence-electron chi connectivity index (χ2n) is 3.13. The Hall–Kier alpha value is -1.42. The van der Waals surface area contributed by atoms with E-state index < -0.39 is 0 Å². The first-order valence-corrected chi connectivity index (χ1v) is 4.62. The monoisotopic (exact) mass is 194 g/mol. The van der Waals surface area contributed by atoms with Crippen molar-refractivity contribution in [2.45, 2.75) is 19.4 Å². The third-order valence-electron chi connectivity index (χ3n) is 2.13. The molecule has 2 N–H and O–H groups in total. The van der Waals surface area contributed by atoms with Crippen LogP contribution < -0.4 is 5.73 Å². The zero-order valence-electron chi connectivity index (χ0n) is 7.98. The summed E-state index contributed by atoms with van der Waals surface area (Å²) in [6, 6.07) is 7.80. The van der Waals surface area contributed by atoms with Crippen LogP contribution in [0.25, 0.3) is 0 Å². The summed E-state index contributed by atoms with van der Waals surface area (Å²) in [4.78, 5) is 9.84. The van der Waals surface area contributed by atoms with Crippen LogP contribution >= 0.6 is 0 Å². The molecule has 0 spiro atoms. The van der Waals surface area contributed by atoms with Gasteiger partial charge in [-0.25, -0.2) is 0 Å². The highest BCUT2D eigenvalue weighted by molar-refractivity contribution is 5.26. The van der Waals surface area contributed by atoms with E-state index in [9.17, 15) is 10.1 Å². The number of nitro groups is 1. The molecule has 76 valence electrons. The minimum absolute atomic E-state index is 0.0267. The molecular weight excluding hydrogens is 180 g/mol. The number of hydrogen-bond acceptors (Lipinski definition) is 3. The lowest BCUT2D eigenvalue weighted by atomic mass is 10.0. The van der Waals surface area contributed by atoms with Gasteiger partial charge < -0.3 is 5.73 Å². The zero-order chi connectivity index (χ0) is 10.4. The first-order valence-electron chi connectivity index (χ1n) is 4.62. The van der Waals surface area contributed by atoms with Gasteiger partial charge in [0.2, 0.25) is 6.54 Å². The summed E-state index contributed by atoms with van der Waals surface area (Å²) in [5.41, 5.74) is 7.75. The average molecular weight is 194 g/mol. The van der Waals surface area contributed by atoms with Gasteiger partial charge in [0.05, 0.1) is 0 Å². The zero-order valence-corrected chi connectivity index (χ0v) is 7.98. The first kappa shape index (κ1) is 10.7. The van der Waals surface area contributed by atoms with Gasteiger partial charge in [0, 0.05) is 17.9 Å². The molecule has 0 bridgehead atoms. The van der Waals surface area contributed by atoms with Crippen LogP contribution in [0.1, 0.15) is 17.5 Å². The maximum absolute atomic E-state index is 10.1. The van der Waals surface area contributed by atoms with Crippen LogP contribution in [-0.4, -0.2) is 11.5 Å². The topological polar surface area (TPSA) is 69.2 Å². The van der Waals surface area contributed by atoms with Crippen molar-refractivity contribution in [3.63, 3.8) is 0 Å². The highest BCUT2D eigenvalue weighted by Gasteiger charge is 2.02. The van der Waals surface area contributed by atoms with Gasteiger partial charge in [0.1, 0.15) is 0 Å². The molecular formula is C10H14N2O2. The summed E-state index contributed by atoms with van der Waals surface area (Å²) in [6.45, 7) is 0.521. The molecule has 0 unspecified atom stereocenters. The van der Waals surface area contributed by atoms with Gasteiger partial charge in [-0.1, -0.05) is 24.3 Å². The fraction of sp³-hybridized carbons (Fsp3) is 0.400. The van der Waals surface area contributed by atoms with Crippen molar-refractivity contribution < 1.29 is 4.92 Å². The third-order valence-corrected chi connectivity index (χ3v) is 2.13. The molecule has 0 fully saturated rings. The number of nitrogens with two attached hydrogens (primary N) is 1. The second-order valence-corrected chi connectivity index (χ2v) is 3.13. The van der Waals surface area contributed by atoms with Crippen molar-refractivity contribution in [3.05, 3.63) is 45.5 Å². The molecule has 1 rings (SSSR count). The largest absolute Gasteiger partial charge is 0.326 e. The van der Waals surface area contributed by atoms with E-state index in [-0.39, 0.29) is 11.5 Å². The van der Waals surface area contributed by atoms with Crippen LogP contribution in [0.15, 0.2) is 24.3 Å². The Morgan fingerprint density at radius 2 is 1.93 bits per heavy atom. The smallest absolute Gasteiger partial charge is 0.204 e. The van der Waals surface area contributed by atoms with E-state index in [1.54, 1.807) is 0 Å². The molecule has 0 saturated heterocycles. The number of nitrogens with zero attached hydrogens (tertiary/aromatic N) is 1. The first-order chi connectivity index (χ1) is 6.74. The van der Waals surface area contributed by atoms with Crippen LogP contribution in [0.5, 0.6) is 0 Å². The minimum atomic E-state index is -0.287. The quantitative estimate of drug-likeness (QED) is 0.568. The molecule has 0 aliphatic heterocycles. The van der Waals surface area contributed by atoms with Crippen molar-refractivity contribution in [2.75, 3.05) is 6.54 Å². The Morgan fingerprint density at radius 3 is 2.50 bits per heavy atom. The molecule has 0 atom stereocenters. The Bertz CT molecular complexity index is 313. The van der Waals surface area contributed by atoms with E-state index in [1.807, 2.05) is 24.3 Å². The molecule has 0 amide bonds. The van der Waals surface area contributed by atoms with Gasteiger partial charge in [-0.05, 0) is 17.5 Å². The highest BCUT2D eigenvalue weighted by atomic mass is 16.6. The van der Waals surface area contributed by atoms with Crippen molar-refractivity contribution in [3.8, 4) is 0 Å². The molecule has 1 aromatic rings. The predicted molar refractivity (Wildman–Crippen MR) is 54.5 cm³/mol. The molecule has 0 radical (unpaired) electrons. The van der Waals surface area contributed by atoms with Gasteiger partial charge in [0.25, 0.3) is 0 Å². The Labute approximate surface area is 82.9 Å². The summed E-state index contributed by atoms with van der Waals surface area (Å²) in [5.74, 6) is 0. The van der Waals surface area contributed by atoms with Crippen LogP contribution in [0.4, 0.5) is 0 Å². The Balaban J connectivity index is 2.53. The number of hydrogen-bond donors (Lipinski definition) is 1. The van der Waals surface area contributed by atoms with Crippen molar-refractivity contribution in [1.29, 1.82) is 0 Å². The van der Waals surface area contributed by atoms with Crippen LogP contribution in [0.2, 0.25) is 0 Å². The third kappa shape index (κ3) is 3.14. The SMILES string of the molecule is NCc1ccccc1CCC[N+](=O)[O-]. The maximum atomic E-state index is 10.1. The van der Waals surface area contributed by atoms with Crippen LogP contribution in [-0.2, 0) is 13.0 Å². The van der Waals surface area contributed by atoms with Gasteiger partial charge >= 0.3 is 0 Å². The van der Waals surface area contributed by atoms with E-state index >= 15 is 0 Å². The Morgan fingerprint density at radius 1 is 1.29 bits per heavy atom. The number of rotatable bonds is 5. The molecule has 0 aliphatic rings. The summed E-state index contributed by atoms with van der Waals surface area (Å²) in [7, 11) is 0. The van der Waals surface area contributed by atoms with Gasteiger partial charge in [-0.15, -0.1) is 0 Å². The van der Waals surface area contributed by atoms with Crippen molar-refractivity contribution in [2.24, 2.45) is 5.73 Å². The second kappa shape index (κ2) is 5.34. The summed E-state index contributed by atoms with van der Waals surface area (Å²) in [5, 5.41) is 10.1. The molecule has 4 heteroatoms. The van der Waals surface area contributed by atoms with E-state index in [1.165, 1.54) is 0 Å². The molecule has 4 nitrogen and oxygen atoms in total. The summed E-state index contributed by atoms with van der Waals surface area (Å²) >= 11 is 0. The van der Waals surface area contributed by atoms with E-state index in [2.05, 4.69) is 0 Å². The Kier molecular flexibility index (Phi) is 4.07. The summed E-state index contributed by atoms with van der Waals surface area (Å²) < 4.78 is 0. The normalized spacial score (nSPS) is 10.1. The molecule has 0 aromatic heterocycles. The van der Waals surface area contributed by atoms with Crippen molar-refractivity contribution in [1.82, 2.24) is 0 Å². The molecule has 0 heterocycles. The van der Waals surface area contributed by atoms with Gasteiger partial charge in [0.15, 0.2) is 0 Å². The lowest BCUT2D eigenvalue weighted by molar-refractivity contribution is -0.480. The summed E-state index contributed by atoms with van der Waals surface area (Å²) in [6.07, 6.45) is 1.30. The molecule has 0 aliphatic carbocycles. The minimum Gasteiger partial charge on any atom is -0.326 e. The van der Waals surface area contributed by atoms with Crippen LogP contribution in [0.3, 0.4) is 0 Å².